The first kappa shape index (κ1) is 21.3. The molecule has 0 saturated carbocycles. The highest BCUT2D eigenvalue weighted by molar-refractivity contribution is 7.91. The normalized spacial score (nSPS) is 12.3. The van der Waals surface area contributed by atoms with E-state index < -0.39 is 27.8 Å². The summed E-state index contributed by atoms with van der Waals surface area (Å²) in [7, 11) is -3.29. The number of hydrogen-bond acceptors (Lipinski definition) is 5. The van der Waals surface area contributed by atoms with Crippen molar-refractivity contribution in [3.8, 4) is 11.3 Å². The topological polar surface area (TPSA) is 114 Å². The van der Waals surface area contributed by atoms with Crippen LogP contribution >= 0.6 is 0 Å². The van der Waals surface area contributed by atoms with Crippen molar-refractivity contribution in [2.24, 2.45) is 0 Å². The molecule has 1 aromatic heterocycles. The minimum absolute atomic E-state index is 0.0164. The molecule has 0 radical (unpaired) electrons. The van der Waals surface area contributed by atoms with Gasteiger partial charge < -0.3 is 14.8 Å². The Morgan fingerprint density at radius 1 is 1.00 bits per heavy atom. The standard InChI is InChI=1S/C22H21NO6S/c1-2-30(27,28)18-11-8-15(9-12-18)20-13-10-17(29-20)14-19(22(25)26)23-21(24)16-6-4-3-5-7-16/h3-13,19H,2,14H2,1H3,(H,23,24)(H,25,26). The highest BCUT2D eigenvalue weighted by Crippen LogP contribution is 2.24. The molecule has 0 aliphatic heterocycles. The fraction of sp³-hybridized carbons (Fsp3) is 0.182. The Kier molecular flexibility index (Phi) is 6.37. The van der Waals surface area contributed by atoms with Crippen LogP contribution in [-0.4, -0.2) is 37.2 Å². The van der Waals surface area contributed by atoms with E-state index in [2.05, 4.69) is 5.32 Å². The van der Waals surface area contributed by atoms with Crippen LogP contribution in [0, 0.1) is 0 Å². The second-order valence-electron chi connectivity index (χ2n) is 6.63. The zero-order chi connectivity index (χ0) is 21.7. The van der Waals surface area contributed by atoms with Crippen molar-refractivity contribution in [1.29, 1.82) is 0 Å². The van der Waals surface area contributed by atoms with Crippen LogP contribution in [0.25, 0.3) is 11.3 Å². The summed E-state index contributed by atoms with van der Waals surface area (Å²) in [5.41, 5.74) is 1.03. The molecule has 0 aliphatic rings. The van der Waals surface area contributed by atoms with Gasteiger partial charge in [0.2, 0.25) is 0 Å². The van der Waals surface area contributed by atoms with Crippen molar-refractivity contribution >= 4 is 21.7 Å². The van der Waals surface area contributed by atoms with Crippen LogP contribution in [-0.2, 0) is 21.1 Å². The van der Waals surface area contributed by atoms with Gasteiger partial charge in [0.05, 0.1) is 10.6 Å². The Labute approximate surface area is 174 Å². The van der Waals surface area contributed by atoms with E-state index in [-0.39, 0.29) is 17.1 Å². The summed E-state index contributed by atoms with van der Waals surface area (Å²) in [4.78, 5) is 24.1. The van der Waals surface area contributed by atoms with Crippen LogP contribution in [0.3, 0.4) is 0 Å². The molecule has 2 N–H and O–H groups in total. The lowest BCUT2D eigenvalue weighted by atomic mass is 10.1. The Balaban J connectivity index is 1.73. The van der Waals surface area contributed by atoms with Crippen LogP contribution in [0.15, 0.2) is 76.0 Å². The van der Waals surface area contributed by atoms with E-state index in [1.54, 1.807) is 61.5 Å². The van der Waals surface area contributed by atoms with Crippen molar-refractivity contribution in [3.05, 3.63) is 78.1 Å². The number of carboxylic acids is 1. The predicted molar refractivity (Wildman–Crippen MR) is 111 cm³/mol. The zero-order valence-corrected chi connectivity index (χ0v) is 17.1. The SMILES string of the molecule is CCS(=O)(=O)c1ccc(-c2ccc(CC(NC(=O)c3ccccc3)C(=O)O)o2)cc1. The van der Waals surface area contributed by atoms with Crippen molar-refractivity contribution in [2.45, 2.75) is 24.3 Å². The summed E-state index contributed by atoms with van der Waals surface area (Å²) in [6.45, 7) is 1.58. The molecule has 1 heterocycles. The van der Waals surface area contributed by atoms with Gasteiger partial charge >= 0.3 is 5.97 Å². The zero-order valence-electron chi connectivity index (χ0n) is 16.2. The third-order valence-corrected chi connectivity index (χ3v) is 6.33. The average molecular weight is 427 g/mol. The first-order valence-electron chi connectivity index (χ1n) is 9.31. The third kappa shape index (κ3) is 4.96. The summed E-state index contributed by atoms with van der Waals surface area (Å²) in [6, 6.07) is 16.8. The van der Waals surface area contributed by atoms with E-state index in [1.807, 2.05) is 0 Å². The minimum Gasteiger partial charge on any atom is -0.480 e. The van der Waals surface area contributed by atoms with Crippen molar-refractivity contribution < 1.29 is 27.5 Å². The third-order valence-electron chi connectivity index (χ3n) is 4.58. The maximum absolute atomic E-state index is 12.3. The van der Waals surface area contributed by atoms with Gasteiger partial charge in [0.15, 0.2) is 9.84 Å². The summed E-state index contributed by atoms with van der Waals surface area (Å²) < 4.78 is 29.6. The van der Waals surface area contributed by atoms with Gasteiger partial charge in [0.25, 0.3) is 5.91 Å². The number of amides is 1. The van der Waals surface area contributed by atoms with Crippen LogP contribution < -0.4 is 5.32 Å². The Morgan fingerprint density at radius 2 is 1.67 bits per heavy atom. The smallest absolute Gasteiger partial charge is 0.326 e. The van der Waals surface area contributed by atoms with Crippen molar-refractivity contribution in [2.75, 3.05) is 5.75 Å². The second kappa shape index (κ2) is 8.96. The number of sulfone groups is 1. The largest absolute Gasteiger partial charge is 0.480 e. The molecule has 2 aromatic carbocycles. The highest BCUT2D eigenvalue weighted by atomic mass is 32.2. The predicted octanol–water partition coefficient (Wildman–Crippen LogP) is 3.17. The van der Waals surface area contributed by atoms with Gasteiger partial charge in [-0.15, -0.1) is 0 Å². The molecule has 0 bridgehead atoms. The average Bonchev–Trinajstić information content (AvgIpc) is 3.22. The summed E-state index contributed by atoms with van der Waals surface area (Å²) in [5.74, 6) is -0.781. The van der Waals surface area contributed by atoms with Crippen molar-refractivity contribution in [3.63, 3.8) is 0 Å². The van der Waals surface area contributed by atoms with Gasteiger partial charge in [0.1, 0.15) is 17.6 Å². The quantitative estimate of drug-likeness (QED) is 0.571. The number of rotatable bonds is 8. The van der Waals surface area contributed by atoms with Crippen LogP contribution in [0.5, 0.6) is 0 Å². The monoisotopic (exact) mass is 427 g/mol. The van der Waals surface area contributed by atoms with E-state index in [0.717, 1.165) is 0 Å². The molecule has 3 aromatic rings. The molecule has 1 amide bonds. The molecule has 0 fully saturated rings. The van der Waals surface area contributed by atoms with E-state index in [0.29, 0.717) is 22.6 Å². The summed E-state index contributed by atoms with van der Waals surface area (Å²) in [6.07, 6.45) is -0.0315. The molecule has 1 unspecified atom stereocenters. The Hall–Kier alpha value is -3.39. The fourth-order valence-corrected chi connectivity index (χ4v) is 3.75. The number of nitrogens with one attached hydrogen (secondary N) is 1. The number of carboxylic acid groups (broad SMARTS) is 1. The van der Waals surface area contributed by atoms with Crippen LogP contribution in [0.2, 0.25) is 0 Å². The molecule has 156 valence electrons. The second-order valence-corrected chi connectivity index (χ2v) is 8.91. The van der Waals surface area contributed by atoms with Gasteiger partial charge in [0, 0.05) is 17.5 Å². The van der Waals surface area contributed by atoms with Gasteiger partial charge in [-0.25, -0.2) is 13.2 Å². The lowest BCUT2D eigenvalue weighted by Crippen LogP contribution is -2.42. The number of benzene rings is 2. The van der Waals surface area contributed by atoms with E-state index in [4.69, 9.17) is 4.42 Å². The van der Waals surface area contributed by atoms with E-state index in [9.17, 15) is 23.1 Å². The van der Waals surface area contributed by atoms with Crippen molar-refractivity contribution in [1.82, 2.24) is 5.32 Å². The summed E-state index contributed by atoms with van der Waals surface area (Å²) in [5, 5.41) is 12.0. The Bertz CT molecular complexity index is 1130. The van der Waals surface area contributed by atoms with E-state index >= 15 is 0 Å². The minimum atomic E-state index is -3.29. The lowest BCUT2D eigenvalue weighted by molar-refractivity contribution is -0.139. The molecule has 1 atom stereocenters. The number of hydrogen-bond donors (Lipinski definition) is 2. The molecular formula is C22H21NO6S. The molecule has 0 aliphatic carbocycles. The van der Waals surface area contributed by atoms with Gasteiger partial charge in [-0.2, -0.15) is 0 Å². The van der Waals surface area contributed by atoms with Gasteiger partial charge in [-0.1, -0.05) is 25.1 Å². The molecular weight excluding hydrogens is 406 g/mol. The number of furan rings is 1. The molecule has 3 rings (SSSR count). The first-order chi connectivity index (χ1) is 14.3. The van der Waals surface area contributed by atoms with Gasteiger partial charge in [-0.3, -0.25) is 4.79 Å². The van der Waals surface area contributed by atoms with Gasteiger partial charge in [-0.05, 0) is 48.5 Å². The fourth-order valence-electron chi connectivity index (χ4n) is 2.87. The molecule has 0 spiro atoms. The summed E-state index contributed by atoms with van der Waals surface area (Å²) >= 11 is 0. The highest BCUT2D eigenvalue weighted by Gasteiger charge is 2.23. The molecule has 30 heavy (non-hydrogen) atoms. The lowest BCUT2D eigenvalue weighted by Gasteiger charge is -2.13. The molecule has 7 nitrogen and oxygen atoms in total. The first-order valence-corrected chi connectivity index (χ1v) is 11.0. The molecule has 8 heteroatoms. The number of carbonyl (C=O) groups excluding carboxylic acids is 1. The molecule has 0 saturated heterocycles. The van der Waals surface area contributed by atoms with E-state index in [1.165, 1.54) is 12.1 Å². The van der Waals surface area contributed by atoms with Crippen LogP contribution in [0.1, 0.15) is 23.0 Å². The maximum atomic E-state index is 12.3. The maximum Gasteiger partial charge on any atom is 0.326 e. The number of aliphatic carboxylic acids is 1. The van der Waals surface area contributed by atoms with Crippen LogP contribution in [0.4, 0.5) is 0 Å². The Morgan fingerprint density at radius 3 is 2.27 bits per heavy atom. The number of carbonyl (C=O) groups is 2.